The zero-order chi connectivity index (χ0) is 11.5. The van der Waals surface area contributed by atoms with Crippen molar-refractivity contribution < 1.29 is 13.2 Å². The predicted octanol–water partition coefficient (Wildman–Crippen LogP) is 2.02. The SMILES string of the molecule is CC(C)(C)OCCS(=O)(=O)CCC1CC1. The van der Waals surface area contributed by atoms with Crippen LogP contribution in [0.25, 0.3) is 0 Å². The Morgan fingerprint density at radius 2 is 1.80 bits per heavy atom. The molecule has 1 saturated carbocycles. The molecule has 1 aliphatic rings. The fraction of sp³-hybridized carbons (Fsp3) is 1.00. The summed E-state index contributed by atoms with van der Waals surface area (Å²) in [5, 5.41) is 0. The summed E-state index contributed by atoms with van der Waals surface area (Å²) in [6, 6.07) is 0. The lowest BCUT2D eigenvalue weighted by atomic mass is 10.2. The van der Waals surface area contributed by atoms with Gasteiger partial charge < -0.3 is 4.74 Å². The monoisotopic (exact) mass is 234 g/mol. The maximum Gasteiger partial charge on any atom is 0.152 e. The van der Waals surface area contributed by atoms with Gasteiger partial charge in [0.15, 0.2) is 9.84 Å². The first-order chi connectivity index (χ1) is 6.79. The van der Waals surface area contributed by atoms with Gasteiger partial charge in [-0.2, -0.15) is 0 Å². The molecular formula is C11H22O3S. The first kappa shape index (κ1) is 13.0. The minimum atomic E-state index is -2.88. The third-order valence-corrected chi connectivity index (χ3v) is 4.11. The molecule has 1 fully saturated rings. The van der Waals surface area contributed by atoms with E-state index in [4.69, 9.17) is 4.74 Å². The molecule has 0 N–H and O–H groups in total. The number of hydrogen-bond acceptors (Lipinski definition) is 3. The van der Waals surface area contributed by atoms with Crippen LogP contribution in [0.2, 0.25) is 0 Å². The lowest BCUT2D eigenvalue weighted by Gasteiger charge is -2.19. The Bertz CT molecular complexity index is 283. The second-order valence-corrected chi connectivity index (χ2v) is 7.65. The summed E-state index contributed by atoms with van der Waals surface area (Å²) >= 11 is 0. The molecule has 0 aliphatic heterocycles. The molecule has 0 atom stereocenters. The standard InChI is InChI=1S/C11H22O3S/c1-11(2,3)14-7-9-15(12,13)8-6-10-4-5-10/h10H,4-9H2,1-3H3. The molecule has 0 amide bonds. The zero-order valence-corrected chi connectivity index (χ0v) is 10.8. The van der Waals surface area contributed by atoms with E-state index in [9.17, 15) is 8.42 Å². The molecule has 4 heteroatoms. The molecule has 0 saturated heterocycles. The average molecular weight is 234 g/mol. The van der Waals surface area contributed by atoms with Crippen molar-refractivity contribution >= 4 is 9.84 Å². The molecule has 15 heavy (non-hydrogen) atoms. The molecule has 0 bridgehead atoms. The Kier molecular flexibility index (Phi) is 4.18. The highest BCUT2D eigenvalue weighted by Crippen LogP contribution is 2.32. The molecule has 0 spiro atoms. The van der Waals surface area contributed by atoms with Gasteiger partial charge in [-0.1, -0.05) is 12.8 Å². The van der Waals surface area contributed by atoms with Crippen LogP contribution < -0.4 is 0 Å². The van der Waals surface area contributed by atoms with E-state index in [1.165, 1.54) is 12.8 Å². The van der Waals surface area contributed by atoms with Gasteiger partial charge in [-0.25, -0.2) is 8.42 Å². The van der Waals surface area contributed by atoms with Crippen molar-refractivity contribution in [1.82, 2.24) is 0 Å². The molecule has 1 aliphatic carbocycles. The van der Waals surface area contributed by atoms with Crippen molar-refractivity contribution in [3.8, 4) is 0 Å². The summed E-state index contributed by atoms with van der Waals surface area (Å²) < 4.78 is 28.5. The molecule has 3 nitrogen and oxygen atoms in total. The molecular weight excluding hydrogens is 212 g/mol. The van der Waals surface area contributed by atoms with Gasteiger partial charge in [-0.05, 0) is 33.1 Å². The van der Waals surface area contributed by atoms with Crippen molar-refractivity contribution in [2.75, 3.05) is 18.1 Å². The fourth-order valence-electron chi connectivity index (χ4n) is 1.33. The maximum atomic E-state index is 11.6. The van der Waals surface area contributed by atoms with Crippen molar-refractivity contribution in [2.24, 2.45) is 5.92 Å². The van der Waals surface area contributed by atoms with E-state index in [1.54, 1.807) is 0 Å². The lowest BCUT2D eigenvalue weighted by molar-refractivity contribution is 0.00644. The van der Waals surface area contributed by atoms with Crippen LogP contribution in [0.3, 0.4) is 0 Å². The normalized spacial score (nSPS) is 18.1. The van der Waals surface area contributed by atoms with Gasteiger partial charge in [0.1, 0.15) is 0 Å². The highest BCUT2D eigenvalue weighted by molar-refractivity contribution is 7.91. The third-order valence-electron chi connectivity index (χ3n) is 2.46. The summed E-state index contributed by atoms with van der Waals surface area (Å²) in [6.07, 6.45) is 3.28. The van der Waals surface area contributed by atoms with Gasteiger partial charge >= 0.3 is 0 Å². The van der Waals surface area contributed by atoms with Gasteiger partial charge in [-0.3, -0.25) is 0 Å². The van der Waals surface area contributed by atoms with Gasteiger partial charge in [0.05, 0.1) is 23.7 Å². The van der Waals surface area contributed by atoms with E-state index in [0.717, 1.165) is 6.42 Å². The number of sulfone groups is 1. The van der Waals surface area contributed by atoms with E-state index in [1.807, 2.05) is 20.8 Å². The Balaban J connectivity index is 2.17. The van der Waals surface area contributed by atoms with Crippen molar-refractivity contribution in [3.63, 3.8) is 0 Å². The Morgan fingerprint density at radius 3 is 2.27 bits per heavy atom. The van der Waals surface area contributed by atoms with Crippen LogP contribution in [0.4, 0.5) is 0 Å². The van der Waals surface area contributed by atoms with Crippen LogP contribution in [-0.2, 0) is 14.6 Å². The summed E-state index contributed by atoms with van der Waals surface area (Å²) in [4.78, 5) is 0. The summed E-state index contributed by atoms with van der Waals surface area (Å²) in [5.74, 6) is 1.19. The first-order valence-electron chi connectivity index (χ1n) is 5.63. The summed E-state index contributed by atoms with van der Waals surface area (Å²) in [6.45, 7) is 6.12. The van der Waals surface area contributed by atoms with E-state index in [2.05, 4.69) is 0 Å². The topological polar surface area (TPSA) is 43.4 Å². The lowest BCUT2D eigenvalue weighted by Crippen LogP contribution is -2.24. The van der Waals surface area contributed by atoms with E-state index >= 15 is 0 Å². The Labute approximate surface area is 93.1 Å². The zero-order valence-electron chi connectivity index (χ0n) is 9.95. The van der Waals surface area contributed by atoms with Gasteiger partial charge in [-0.15, -0.1) is 0 Å². The second-order valence-electron chi connectivity index (χ2n) is 5.34. The smallest absolute Gasteiger partial charge is 0.152 e. The van der Waals surface area contributed by atoms with Gasteiger partial charge in [0.25, 0.3) is 0 Å². The third kappa shape index (κ3) is 6.90. The maximum absolute atomic E-state index is 11.6. The number of rotatable bonds is 6. The van der Waals surface area contributed by atoms with Crippen LogP contribution in [0, 0.1) is 5.92 Å². The number of hydrogen-bond donors (Lipinski definition) is 0. The highest BCUT2D eigenvalue weighted by Gasteiger charge is 2.24. The van der Waals surface area contributed by atoms with Crippen LogP contribution in [0.1, 0.15) is 40.0 Å². The van der Waals surface area contributed by atoms with Crippen molar-refractivity contribution in [1.29, 1.82) is 0 Å². The largest absolute Gasteiger partial charge is 0.375 e. The molecule has 1 rings (SSSR count). The Hall–Kier alpha value is -0.0900. The number of ether oxygens (including phenoxy) is 1. The van der Waals surface area contributed by atoms with Gasteiger partial charge in [0, 0.05) is 0 Å². The van der Waals surface area contributed by atoms with Gasteiger partial charge in [0.2, 0.25) is 0 Å². The van der Waals surface area contributed by atoms with Crippen LogP contribution in [0.5, 0.6) is 0 Å². The molecule has 0 radical (unpaired) electrons. The second kappa shape index (κ2) is 4.83. The minimum Gasteiger partial charge on any atom is -0.375 e. The van der Waals surface area contributed by atoms with E-state index < -0.39 is 9.84 Å². The molecule has 0 aromatic heterocycles. The van der Waals surface area contributed by atoms with Crippen LogP contribution in [0.15, 0.2) is 0 Å². The fourth-order valence-corrected chi connectivity index (χ4v) is 2.56. The van der Waals surface area contributed by atoms with Crippen LogP contribution >= 0.6 is 0 Å². The van der Waals surface area contributed by atoms with Crippen LogP contribution in [-0.4, -0.2) is 32.1 Å². The van der Waals surface area contributed by atoms with E-state index in [-0.39, 0.29) is 11.4 Å². The predicted molar refractivity (Wildman–Crippen MR) is 61.7 cm³/mol. The molecule has 90 valence electrons. The van der Waals surface area contributed by atoms with Crippen molar-refractivity contribution in [2.45, 2.75) is 45.6 Å². The molecule has 0 aromatic rings. The highest BCUT2D eigenvalue weighted by atomic mass is 32.2. The molecule has 0 unspecified atom stereocenters. The summed E-state index contributed by atoms with van der Waals surface area (Å²) in [5.41, 5.74) is -0.244. The van der Waals surface area contributed by atoms with E-state index in [0.29, 0.717) is 18.3 Å². The summed E-state index contributed by atoms with van der Waals surface area (Å²) in [7, 11) is -2.88. The Morgan fingerprint density at radius 1 is 1.20 bits per heavy atom. The molecule has 0 heterocycles. The average Bonchev–Trinajstić information content (AvgIpc) is 2.80. The van der Waals surface area contributed by atoms with Crippen molar-refractivity contribution in [3.05, 3.63) is 0 Å². The quantitative estimate of drug-likeness (QED) is 0.706. The first-order valence-corrected chi connectivity index (χ1v) is 7.45. The molecule has 0 aromatic carbocycles. The minimum absolute atomic E-state index is 0.164.